The van der Waals surface area contributed by atoms with Gasteiger partial charge in [-0.3, -0.25) is 0 Å². The van der Waals surface area contributed by atoms with Crippen LogP contribution < -0.4 is 5.32 Å². The first-order valence-corrected chi connectivity index (χ1v) is 8.45. The molecule has 1 aliphatic rings. The molecule has 1 aromatic heterocycles. The normalized spacial score (nSPS) is 22.9. The minimum atomic E-state index is -3.33. The maximum Gasteiger partial charge on any atom is 0.244 e. The summed E-state index contributed by atoms with van der Waals surface area (Å²) in [7, 11) is -3.33. The van der Waals surface area contributed by atoms with Gasteiger partial charge >= 0.3 is 0 Å². The van der Waals surface area contributed by atoms with Crippen molar-refractivity contribution in [3.63, 3.8) is 0 Å². The Morgan fingerprint density at radius 2 is 2.29 bits per heavy atom. The summed E-state index contributed by atoms with van der Waals surface area (Å²) in [6.07, 6.45) is 0. The largest absolute Gasteiger partial charge is 0.312 e. The number of nitrogens with one attached hydrogen (secondary N) is 1. The van der Waals surface area contributed by atoms with Gasteiger partial charge in [0.2, 0.25) is 10.0 Å². The lowest BCUT2D eigenvalue weighted by Gasteiger charge is -2.30. The third kappa shape index (κ3) is 2.73. The van der Waals surface area contributed by atoms with Gasteiger partial charge in [0.05, 0.1) is 8.68 Å². The van der Waals surface area contributed by atoms with Gasteiger partial charge in [-0.2, -0.15) is 4.31 Å². The van der Waals surface area contributed by atoms with Gasteiger partial charge < -0.3 is 5.32 Å². The van der Waals surface area contributed by atoms with E-state index in [4.69, 9.17) is 0 Å². The first-order valence-electron chi connectivity index (χ1n) is 5.40. The zero-order valence-electron chi connectivity index (χ0n) is 9.73. The standard InChI is InChI=1S/C10H15BrN2O2S2/c1-7-6-13(4-3-12-7)17(14,15)9-5-10(11)16-8(9)2/h5,7,12H,3-4,6H2,1-2H3/t7-/m0/s1. The number of halogens is 1. The Morgan fingerprint density at radius 1 is 1.59 bits per heavy atom. The predicted molar refractivity (Wildman–Crippen MR) is 73.0 cm³/mol. The average molecular weight is 339 g/mol. The van der Waals surface area contributed by atoms with Crippen LogP contribution in [0.5, 0.6) is 0 Å². The Hall–Kier alpha value is 0.0500. The topological polar surface area (TPSA) is 49.4 Å². The highest BCUT2D eigenvalue weighted by Gasteiger charge is 2.30. The van der Waals surface area contributed by atoms with Crippen molar-refractivity contribution < 1.29 is 8.42 Å². The van der Waals surface area contributed by atoms with E-state index in [2.05, 4.69) is 21.2 Å². The SMILES string of the molecule is Cc1sc(Br)cc1S(=O)(=O)N1CCN[C@@H](C)C1. The molecule has 2 heterocycles. The van der Waals surface area contributed by atoms with Crippen LogP contribution in [0.2, 0.25) is 0 Å². The van der Waals surface area contributed by atoms with E-state index in [0.717, 1.165) is 8.66 Å². The number of thiophene rings is 1. The molecule has 1 aromatic rings. The van der Waals surface area contributed by atoms with E-state index < -0.39 is 10.0 Å². The van der Waals surface area contributed by atoms with Crippen molar-refractivity contribution in [1.29, 1.82) is 0 Å². The van der Waals surface area contributed by atoms with Gasteiger partial charge in [0.1, 0.15) is 0 Å². The fourth-order valence-corrected chi connectivity index (χ4v) is 5.85. The second-order valence-corrected chi connectivity index (χ2v) is 8.73. The Kier molecular flexibility index (Phi) is 3.94. The number of rotatable bonds is 2. The summed E-state index contributed by atoms with van der Waals surface area (Å²) < 4.78 is 27.3. The van der Waals surface area contributed by atoms with Crippen LogP contribution in [-0.4, -0.2) is 38.4 Å². The van der Waals surface area contributed by atoms with E-state index >= 15 is 0 Å². The third-order valence-corrected chi connectivity index (χ3v) is 6.47. The highest BCUT2D eigenvalue weighted by molar-refractivity contribution is 9.11. The van der Waals surface area contributed by atoms with Crippen molar-refractivity contribution in [3.8, 4) is 0 Å². The lowest BCUT2D eigenvalue weighted by atomic mass is 10.3. The minimum absolute atomic E-state index is 0.209. The molecule has 0 spiro atoms. The van der Waals surface area contributed by atoms with Gasteiger partial charge in [0.25, 0.3) is 0 Å². The molecule has 0 unspecified atom stereocenters. The Labute approximate surface area is 114 Å². The molecule has 1 N–H and O–H groups in total. The second kappa shape index (κ2) is 4.97. The quantitative estimate of drug-likeness (QED) is 0.894. The molecule has 1 saturated heterocycles. The average Bonchev–Trinajstić information content (AvgIpc) is 2.58. The third-order valence-electron chi connectivity index (χ3n) is 2.79. The molecular weight excluding hydrogens is 324 g/mol. The fourth-order valence-electron chi connectivity index (χ4n) is 1.94. The van der Waals surface area contributed by atoms with Crippen molar-refractivity contribution in [2.75, 3.05) is 19.6 Å². The molecule has 96 valence electrons. The zero-order chi connectivity index (χ0) is 12.6. The maximum atomic E-state index is 12.5. The van der Waals surface area contributed by atoms with Crippen LogP contribution >= 0.6 is 27.3 Å². The summed E-state index contributed by atoms with van der Waals surface area (Å²) in [5, 5.41) is 3.24. The molecule has 7 heteroatoms. The Bertz CT molecular complexity index is 512. The number of piperazine rings is 1. The van der Waals surface area contributed by atoms with Crippen LogP contribution in [0.15, 0.2) is 14.7 Å². The van der Waals surface area contributed by atoms with Crippen molar-refractivity contribution in [2.45, 2.75) is 24.8 Å². The molecule has 0 bridgehead atoms. The molecule has 0 radical (unpaired) electrons. The molecule has 0 aromatic carbocycles. The van der Waals surface area contributed by atoms with Crippen molar-refractivity contribution in [3.05, 3.63) is 14.7 Å². The minimum Gasteiger partial charge on any atom is -0.312 e. The van der Waals surface area contributed by atoms with Gasteiger partial charge in [-0.05, 0) is 35.8 Å². The summed E-state index contributed by atoms with van der Waals surface area (Å²) in [5.74, 6) is 0. The highest BCUT2D eigenvalue weighted by atomic mass is 79.9. The van der Waals surface area contributed by atoms with E-state index in [1.165, 1.54) is 11.3 Å². The first kappa shape index (κ1) is 13.5. The summed E-state index contributed by atoms with van der Waals surface area (Å²) in [6.45, 7) is 5.63. The highest BCUT2D eigenvalue weighted by Crippen LogP contribution is 2.31. The zero-order valence-corrected chi connectivity index (χ0v) is 13.0. The van der Waals surface area contributed by atoms with E-state index in [1.54, 1.807) is 10.4 Å². The molecule has 1 aliphatic heterocycles. The van der Waals surface area contributed by atoms with Gasteiger partial charge in [0.15, 0.2) is 0 Å². The van der Waals surface area contributed by atoms with Gasteiger partial charge in [-0.25, -0.2) is 8.42 Å². The summed E-state index contributed by atoms with van der Waals surface area (Å²) in [5.41, 5.74) is 0. The summed E-state index contributed by atoms with van der Waals surface area (Å²) >= 11 is 4.79. The first-order chi connectivity index (χ1) is 7.91. The smallest absolute Gasteiger partial charge is 0.244 e. The summed E-state index contributed by atoms with van der Waals surface area (Å²) in [6, 6.07) is 1.91. The van der Waals surface area contributed by atoms with Crippen LogP contribution in [0.4, 0.5) is 0 Å². The Balaban J connectivity index is 2.33. The molecule has 0 saturated carbocycles. The number of sulfonamides is 1. The lowest BCUT2D eigenvalue weighted by molar-refractivity contribution is 0.310. The molecule has 1 atom stereocenters. The Morgan fingerprint density at radius 3 is 2.82 bits per heavy atom. The van der Waals surface area contributed by atoms with Gasteiger partial charge in [-0.1, -0.05) is 0 Å². The number of aryl methyl sites for hydroxylation is 1. The van der Waals surface area contributed by atoms with E-state index in [1.807, 2.05) is 13.8 Å². The molecule has 4 nitrogen and oxygen atoms in total. The second-order valence-electron chi connectivity index (χ2n) is 4.19. The monoisotopic (exact) mass is 338 g/mol. The van der Waals surface area contributed by atoms with Crippen LogP contribution in [0.3, 0.4) is 0 Å². The number of nitrogens with zero attached hydrogens (tertiary/aromatic N) is 1. The van der Waals surface area contributed by atoms with Gasteiger partial charge in [-0.15, -0.1) is 11.3 Å². The van der Waals surface area contributed by atoms with Gasteiger partial charge in [0, 0.05) is 30.6 Å². The van der Waals surface area contributed by atoms with Crippen LogP contribution in [0.1, 0.15) is 11.8 Å². The van der Waals surface area contributed by atoms with Crippen LogP contribution in [0, 0.1) is 6.92 Å². The number of hydrogen-bond acceptors (Lipinski definition) is 4. The molecule has 1 fully saturated rings. The molecule has 0 amide bonds. The summed E-state index contributed by atoms with van der Waals surface area (Å²) in [4.78, 5) is 1.27. The molecule has 17 heavy (non-hydrogen) atoms. The molecule has 0 aliphatic carbocycles. The van der Waals surface area contributed by atoms with E-state index in [-0.39, 0.29) is 6.04 Å². The van der Waals surface area contributed by atoms with Crippen molar-refractivity contribution in [1.82, 2.24) is 9.62 Å². The maximum absolute atomic E-state index is 12.5. The van der Waals surface area contributed by atoms with Crippen molar-refractivity contribution >= 4 is 37.3 Å². The van der Waals surface area contributed by atoms with Crippen LogP contribution in [-0.2, 0) is 10.0 Å². The van der Waals surface area contributed by atoms with E-state index in [9.17, 15) is 8.42 Å². The molecule has 2 rings (SSSR count). The lowest BCUT2D eigenvalue weighted by Crippen LogP contribution is -2.51. The predicted octanol–water partition coefficient (Wildman–Crippen LogP) is 1.80. The van der Waals surface area contributed by atoms with Crippen LogP contribution in [0.25, 0.3) is 0 Å². The van der Waals surface area contributed by atoms with Crippen molar-refractivity contribution in [2.24, 2.45) is 0 Å². The number of hydrogen-bond donors (Lipinski definition) is 1. The van der Waals surface area contributed by atoms with E-state index in [0.29, 0.717) is 24.5 Å². The fraction of sp³-hybridized carbons (Fsp3) is 0.600. The molecular formula is C10H15BrN2O2S2.